The molecule has 3 aromatic rings. The molecule has 4 rings (SSSR count). The summed E-state index contributed by atoms with van der Waals surface area (Å²) < 4.78 is 34.7. The molecule has 0 radical (unpaired) electrons. The summed E-state index contributed by atoms with van der Waals surface area (Å²) in [5, 5.41) is 12.1. The number of benzene rings is 1. The molecule has 3 heterocycles. The Morgan fingerprint density at radius 3 is 2.43 bits per heavy atom. The lowest BCUT2D eigenvalue weighted by molar-refractivity contribution is 0.177. The van der Waals surface area contributed by atoms with E-state index in [9.17, 15) is 8.42 Å². The molecule has 11 heteroatoms. The lowest BCUT2D eigenvalue weighted by atomic mass is 10.3. The molecule has 0 amide bonds. The Bertz CT molecular complexity index is 1090. The molecule has 0 N–H and O–H groups in total. The fraction of sp³-hybridized carbons (Fsp3) is 0.421. The van der Waals surface area contributed by atoms with Gasteiger partial charge in [-0.1, -0.05) is 6.92 Å². The zero-order valence-corrected chi connectivity index (χ0v) is 18.6. The zero-order valence-electron chi connectivity index (χ0n) is 16.9. The molecule has 1 fully saturated rings. The number of hydrogen-bond donors (Lipinski definition) is 0. The first kappa shape index (κ1) is 20.9. The van der Waals surface area contributed by atoms with Crippen molar-refractivity contribution in [3.63, 3.8) is 0 Å². The second kappa shape index (κ2) is 8.80. The van der Waals surface area contributed by atoms with Gasteiger partial charge in [0.2, 0.25) is 0 Å². The first-order valence-electron chi connectivity index (χ1n) is 9.74. The van der Waals surface area contributed by atoms with Gasteiger partial charge in [-0.25, -0.2) is 8.42 Å². The van der Waals surface area contributed by atoms with Crippen molar-refractivity contribution in [1.82, 2.24) is 29.4 Å². The van der Waals surface area contributed by atoms with Gasteiger partial charge in [-0.2, -0.15) is 8.99 Å². The molecule has 0 saturated carbocycles. The topological polar surface area (TPSA) is 93.5 Å². The van der Waals surface area contributed by atoms with Crippen LogP contribution in [0.1, 0.15) is 17.6 Å². The number of thiophene rings is 1. The average Bonchev–Trinajstić information content (AvgIpc) is 3.44. The Hall–Kier alpha value is -2.34. The summed E-state index contributed by atoms with van der Waals surface area (Å²) in [4.78, 5) is 3.25. The normalized spacial score (nSPS) is 16.1. The van der Waals surface area contributed by atoms with Gasteiger partial charge in [0, 0.05) is 31.1 Å². The van der Waals surface area contributed by atoms with E-state index in [-0.39, 0.29) is 0 Å². The van der Waals surface area contributed by atoms with Gasteiger partial charge in [0.25, 0.3) is 10.0 Å². The quantitative estimate of drug-likeness (QED) is 0.544. The Labute approximate surface area is 179 Å². The highest BCUT2D eigenvalue weighted by molar-refractivity contribution is 7.91. The van der Waals surface area contributed by atoms with Gasteiger partial charge in [0.05, 0.1) is 19.3 Å². The van der Waals surface area contributed by atoms with Crippen molar-refractivity contribution in [2.24, 2.45) is 0 Å². The maximum absolute atomic E-state index is 12.9. The first-order valence-corrected chi connectivity index (χ1v) is 12.0. The maximum Gasteiger partial charge on any atom is 0.252 e. The number of aryl methyl sites for hydroxylation is 1. The van der Waals surface area contributed by atoms with Gasteiger partial charge in [-0.05, 0) is 53.2 Å². The van der Waals surface area contributed by atoms with Crippen molar-refractivity contribution in [3.8, 4) is 11.4 Å². The standard InChI is InChI=1S/C19H24N6O3S2/c1-3-17-8-9-19(29-17)30(26,27)24-12-10-23(11-13-24)14-18-20-21-22-25(18)15-4-6-16(28-2)7-5-15/h4-9H,3,10-14H2,1-2H3. The third-order valence-electron chi connectivity index (χ3n) is 5.13. The van der Waals surface area contributed by atoms with Crippen LogP contribution in [0.3, 0.4) is 0 Å². The molecule has 0 unspecified atom stereocenters. The number of methoxy groups -OCH3 is 1. The molecule has 2 aromatic heterocycles. The van der Waals surface area contributed by atoms with Gasteiger partial charge < -0.3 is 4.74 Å². The molecule has 30 heavy (non-hydrogen) atoms. The van der Waals surface area contributed by atoms with Crippen LogP contribution in [0.5, 0.6) is 5.75 Å². The fourth-order valence-corrected chi connectivity index (χ4v) is 6.24. The van der Waals surface area contributed by atoms with Gasteiger partial charge in [0.1, 0.15) is 9.96 Å². The monoisotopic (exact) mass is 448 g/mol. The number of sulfonamides is 1. The van der Waals surface area contributed by atoms with Crippen LogP contribution < -0.4 is 4.74 Å². The summed E-state index contributed by atoms with van der Waals surface area (Å²) >= 11 is 1.36. The Kier molecular flexibility index (Phi) is 6.14. The largest absolute Gasteiger partial charge is 0.497 e. The third-order valence-corrected chi connectivity index (χ3v) is 8.72. The number of tetrazole rings is 1. The molecular weight excluding hydrogens is 424 g/mol. The van der Waals surface area contributed by atoms with Crippen molar-refractivity contribution < 1.29 is 13.2 Å². The summed E-state index contributed by atoms with van der Waals surface area (Å²) in [6.07, 6.45) is 0.844. The Morgan fingerprint density at radius 2 is 1.80 bits per heavy atom. The number of ether oxygens (including phenoxy) is 1. The predicted molar refractivity (Wildman–Crippen MR) is 113 cm³/mol. The number of aromatic nitrogens is 4. The molecule has 0 atom stereocenters. The lowest BCUT2D eigenvalue weighted by Crippen LogP contribution is -2.48. The molecule has 9 nitrogen and oxygen atoms in total. The molecule has 1 aliphatic rings. The number of piperazine rings is 1. The number of hydrogen-bond acceptors (Lipinski definition) is 8. The summed E-state index contributed by atoms with van der Waals surface area (Å²) in [5.41, 5.74) is 0.849. The van der Waals surface area contributed by atoms with E-state index >= 15 is 0 Å². The van der Waals surface area contributed by atoms with Crippen LogP contribution in [0.4, 0.5) is 0 Å². The number of rotatable bonds is 7. The minimum Gasteiger partial charge on any atom is -0.497 e. The van der Waals surface area contributed by atoms with Crippen LogP contribution >= 0.6 is 11.3 Å². The number of nitrogens with zero attached hydrogens (tertiary/aromatic N) is 6. The van der Waals surface area contributed by atoms with Gasteiger partial charge in [0.15, 0.2) is 5.82 Å². The van der Waals surface area contributed by atoms with Crippen LogP contribution in [0.15, 0.2) is 40.6 Å². The van der Waals surface area contributed by atoms with E-state index < -0.39 is 10.0 Å². The van der Waals surface area contributed by atoms with Crippen LogP contribution in [0, 0.1) is 0 Å². The van der Waals surface area contributed by atoms with Crippen LogP contribution in [0.25, 0.3) is 5.69 Å². The molecule has 1 aliphatic heterocycles. The summed E-state index contributed by atoms with van der Waals surface area (Å²) in [5.74, 6) is 1.48. The minimum absolute atomic E-state index is 0.427. The molecule has 0 bridgehead atoms. The van der Waals surface area contributed by atoms with E-state index in [0.717, 1.165) is 22.7 Å². The van der Waals surface area contributed by atoms with E-state index in [0.29, 0.717) is 42.8 Å². The second-order valence-electron chi connectivity index (χ2n) is 6.96. The van der Waals surface area contributed by atoms with E-state index in [1.54, 1.807) is 22.2 Å². The highest BCUT2D eigenvalue weighted by atomic mass is 32.2. The smallest absolute Gasteiger partial charge is 0.252 e. The zero-order chi connectivity index (χ0) is 21.1. The highest BCUT2D eigenvalue weighted by Gasteiger charge is 2.30. The molecule has 1 aromatic carbocycles. The van der Waals surface area contributed by atoms with E-state index in [2.05, 4.69) is 20.4 Å². The minimum atomic E-state index is -3.43. The van der Waals surface area contributed by atoms with Crippen molar-refractivity contribution in [2.75, 3.05) is 33.3 Å². The predicted octanol–water partition coefficient (Wildman–Crippen LogP) is 1.80. The molecule has 0 aliphatic carbocycles. The van der Waals surface area contributed by atoms with Crippen LogP contribution in [-0.2, 0) is 23.0 Å². The summed E-state index contributed by atoms with van der Waals surface area (Å²) in [6, 6.07) is 11.1. The average molecular weight is 449 g/mol. The van der Waals surface area contributed by atoms with Crippen molar-refractivity contribution >= 4 is 21.4 Å². The SMILES string of the molecule is CCc1ccc(S(=O)(=O)N2CCN(Cc3nnnn3-c3ccc(OC)cc3)CC2)s1. The van der Waals surface area contributed by atoms with Crippen molar-refractivity contribution in [2.45, 2.75) is 24.1 Å². The molecule has 0 spiro atoms. The van der Waals surface area contributed by atoms with Gasteiger partial charge in [-0.3, -0.25) is 4.90 Å². The van der Waals surface area contributed by atoms with Gasteiger partial charge >= 0.3 is 0 Å². The fourth-order valence-electron chi connectivity index (χ4n) is 3.37. The summed E-state index contributed by atoms with van der Waals surface area (Å²) in [6.45, 7) is 4.73. The van der Waals surface area contributed by atoms with E-state index in [1.165, 1.54) is 11.3 Å². The van der Waals surface area contributed by atoms with Crippen LogP contribution in [0.2, 0.25) is 0 Å². The van der Waals surface area contributed by atoms with E-state index in [1.807, 2.05) is 37.3 Å². The first-order chi connectivity index (χ1) is 14.5. The van der Waals surface area contributed by atoms with E-state index in [4.69, 9.17) is 4.74 Å². The van der Waals surface area contributed by atoms with Crippen molar-refractivity contribution in [3.05, 3.63) is 47.1 Å². The van der Waals surface area contributed by atoms with Crippen LogP contribution in [-0.4, -0.2) is 71.1 Å². The maximum atomic E-state index is 12.9. The second-order valence-corrected chi connectivity index (χ2v) is 10.3. The highest BCUT2D eigenvalue weighted by Crippen LogP contribution is 2.26. The Balaban J connectivity index is 1.40. The summed E-state index contributed by atoms with van der Waals surface area (Å²) in [7, 11) is -1.80. The van der Waals surface area contributed by atoms with Crippen molar-refractivity contribution in [1.29, 1.82) is 0 Å². The lowest BCUT2D eigenvalue weighted by Gasteiger charge is -2.33. The third kappa shape index (κ3) is 4.24. The molecule has 1 saturated heterocycles. The Morgan fingerprint density at radius 1 is 1.07 bits per heavy atom. The van der Waals surface area contributed by atoms with Gasteiger partial charge in [-0.15, -0.1) is 16.4 Å². The molecular formula is C19H24N6O3S2. The molecule has 160 valence electrons.